The zero-order valence-corrected chi connectivity index (χ0v) is 17.0. The molecule has 0 bridgehead atoms. The molecule has 0 aliphatic heterocycles. The fourth-order valence-corrected chi connectivity index (χ4v) is 6.20. The number of rotatable bonds is 4. The first-order chi connectivity index (χ1) is 13.5. The van der Waals surface area contributed by atoms with E-state index >= 15 is 8.78 Å². The molecule has 3 aliphatic carbocycles. The fourth-order valence-electron chi connectivity index (χ4n) is 6.00. The molecule has 5 unspecified atom stereocenters. The number of fused-ring (bicyclic) bond motifs is 1. The summed E-state index contributed by atoms with van der Waals surface area (Å²) in [6.07, 6.45) is 3.13. The van der Waals surface area contributed by atoms with Gasteiger partial charge in [0.25, 0.3) is 5.92 Å². The van der Waals surface area contributed by atoms with Crippen LogP contribution in [0.25, 0.3) is 0 Å². The van der Waals surface area contributed by atoms with Crippen molar-refractivity contribution in [2.24, 2.45) is 29.1 Å². The molecule has 3 saturated carbocycles. The summed E-state index contributed by atoms with van der Waals surface area (Å²) in [5, 5.41) is 11.9. The molecule has 0 saturated heterocycles. The number of aromatic hydroxyl groups is 1. The summed E-state index contributed by atoms with van der Waals surface area (Å²) >= 11 is 5.80. The minimum Gasteiger partial charge on any atom is -0.505 e. The SMILES string of the molecule is CC1CC2C(C)C2(C(NC(=O)C2CCCC2)c2c(F)c(O)cc(Cl)c2F)C1(F)F. The van der Waals surface area contributed by atoms with Crippen LogP contribution in [0.15, 0.2) is 6.07 Å². The highest BCUT2D eigenvalue weighted by Crippen LogP contribution is 2.80. The number of carbonyl (C=O) groups excluding carboxylic acids is 1. The molecule has 3 aliphatic rings. The predicted molar refractivity (Wildman–Crippen MR) is 99.7 cm³/mol. The summed E-state index contributed by atoms with van der Waals surface area (Å²) in [5.41, 5.74) is -2.58. The number of halogens is 5. The number of benzene rings is 1. The van der Waals surface area contributed by atoms with Crippen molar-refractivity contribution < 1.29 is 27.5 Å². The Bertz CT molecular complexity index is 831. The number of hydrogen-bond acceptors (Lipinski definition) is 2. The monoisotopic (exact) mass is 433 g/mol. The van der Waals surface area contributed by atoms with Gasteiger partial charge in [-0.3, -0.25) is 4.79 Å². The number of alkyl halides is 2. The van der Waals surface area contributed by atoms with Crippen LogP contribution in [0.1, 0.15) is 57.6 Å². The van der Waals surface area contributed by atoms with Crippen molar-refractivity contribution in [1.29, 1.82) is 0 Å². The molecular formula is C21H24ClF4NO2. The number of carbonyl (C=O) groups is 1. The van der Waals surface area contributed by atoms with Crippen LogP contribution in [0, 0.1) is 40.7 Å². The molecule has 3 nitrogen and oxygen atoms in total. The molecule has 0 spiro atoms. The van der Waals surface area contributed by atoms with E-state index in [2.05, 4.69) is 5.32 Å². The number of phenols is 1. The average Bonchev–Trinajstić information content (AvgIpc) is 3.01. The minimum atomic E-state index is -3.23. The van der Waals surface area contributed by atoms with Gasteiger partial charge in [-0.2, -0.15) is 0 Å². The Hall–Kier alpha value is -1.50. The zero-order valence-electron chi connectivity index (χ0n) is 16.2. The third kappa shape index (κ3) is 2.72. The number of phenolic OH excluding ortho intramolecular Hbond substituents is 1. The third-order valence-electron chi connectivity index (χ3n) is 7.62. The molecule has 5 atom stereocenters. The van der Waals surface area contributed by atoms with Crippen LogP contribution in [-0.4, -0.2) is 16.9 Å². The van der Waals surface area contributed by atoms with Crippen molar-refractivity contribution in [2.75, 3.05) is 0 Å². The van der Waals surface area contributed by atoms with E-state index in [0.29, 0.717) is 18.9 Å². The Labute approximate surface area is 171 Å². The quantitative estimate of drug-likeness (QED) is 0.479. The van der Waals surface area contributed by atoms with E-state index in [0.717, 1.165) is 12.8 Å². The topological polar surface area (TPSA) is 49.3 Å². The maximum absolute atomic E-state index is 15.4. The van der Waals surface area contributed by atoms with Gasteiger partial charge in [-0.25, -0.2) is 17.6 Å². The lowest BCUT2D eigenvalue weighted by atomic mass is 9.79. The summed E-state index contributed by atoms with van der Waals surface area (Å²) in [6.45, 7) is 3.04. The van der Waals surface area contributed by atoms with Gasteiger partial charge in [0.1, 0.15) is 5.82 Å². The first-order valence-electron chi connectivity index (χ1n) is 10.1. The van der Waals surface area contributed by atoms with Gasteiger partial charge in [0.05, 0.1) is 22.0 Å². The second-order valence-electron chi connectivity index (χ2n) is 8.93. The van der Waals surface area contributed by atoms with Gasteiger partial charge in [0.2, 0.25) is 5.91 Å². The van der Waals surface area contributed by atoms with Crippen LogP contribution in [0.5, 0.6) is 5.75 Å². The van der Waals surface area contributed by atoms with Crippen molar-refractivity contribution >= 4 is 17.5 Å². The van der Waals surface area contributed by atoms with Gasteiger partial charge in [0.15, 0.2) is 11.6 Å². The lowest BCUT2D eigenvalue weighted by molar-refractivity contribution is -0.134. The molecule has 1 aromatic rings. The van der Waals surface area contributed by atoms with Gasteiger partial charge >= 0.3 is 0 Å². The van der Waals surface area contributed by atoms with Crippen LogP contribution >= 0.6 is 11.6 Å². The third-order valence-corrected chi connectivity index (χ3v) is 7.89. The zero-order chi connectivity index (χ0) is 21.3. The van der Waals surface area contributed by atoms with Crippen LogP contribution in [-0.2, 0) is 4.79 Å². The van der Waals surface area contributed by atoms with Crippen LogP contribution in [0.4, 0.5) is 17.6 Å². The Kier molecular flexibility index (Phi) is 4.84. The maximum atomic E-state index is 15.4. The highest BCUT2D eigenvalue weighted by atomic mass is 35.5. The van der Waals surface area contributed by atoms with Crippen molar-refractivity contribution in [3.63, 3.8) is 0 Å². The first-order valence-corrected chi connectivity index (χ1v) is 10.5. The molecule has 0 heterocycles. The Morgan fingerprint density at radius 3 is 2.45 bits per heavy atom. The molecule has 1 aromatic carbocycles. The second kappa shape index (κ2) is 6.76. The fraction of sp³-hybridized carbons (Fsp3) is 0.667. The van der Waals surface area contributed by atoms with E-state index in [4.69, 9.17) is 11.6 Å². The molecule has 0 aromatic heterocycles. The van der Waals surface area contributed by atoms with Crippen LogP contribution in [0.3, 0.4) is 0 Å². The molecule has 4 rings (SSSR count). The number of hydrogen-bond donors (Lipinski definition) is 2. The van der Waals surface area contributed by atoms with E-state index in [1.807, 2.05) is 0 Å². The van der Waals surface area contributed by atoms with Crippen LogP contribution < -0.4 is 5.32 Å². The average molecular weight is 434 g/mol. The molecule has 8 heteroatoms. The minimum absolute atomic E-state index is 0.208. The molecule has 1 amide bonds. The predicted octanol–water partition coefficient (Wildman–Crippen LogP) is 5.60. The number of nitrogens with one attached hydrogen (secondary N) is 1. The normalized spacial score (nSPS) is 34.1. The standard InChI is InChI=1S/C21H24ClF4NO2/c1-9-7-12-10(2)20(12,21(9,25)26)18(27-19(29)11-5-3-4-6-11)15-16(23)13(22)8-14(28)17(15)24/h8-12,18,28H,3-7H2,1-2H3,(H,27,29). The molecule has 2 N–H and O–H groups in total. The Morgan fingerprint density at radius 2 is 1.86 bits per heavy atom. The summed E-state index contributed by atoms with van der Waals surface area (Å²) in [7, 11) is 0. The van der Waals surface area contributed by atoms with E-state index in [9.17, 15) is 18.7 Å². The van der Waals surface area contributed by atoms with E-state index in [-0.39, 0.29) is 12.3 Å². The molecule has 160 valence electrons. The molecule has 3 fully saturated rings. The smallest absolute Gasteiger partial charge is 0.259 e. The van der Waals surface area contributed by atoms with Gasteiger partial charge in [-0.1, -0.05) is 38.3 Å². The summed E-state index contributed by atoms with van der Waals surface area (Å²) in [5.74, 6) is -9.59. The molecule has 29 heavy (non-hydrogen) atoms. The molecular weight excluding hydrogens is 410 g/mol. The van der Waals surface area contributed by atoms with Crippen molar-refractivity contribution in [3.05, 3.63) is 28.3 Å². The van der Waals surface area contributed by atoms with Gasteiger partial charge in [-0.15, -0.1) is 0 Å². The van der Waals surface area contributed by atoms with Crippen LogP contribution in [0.2, 0.25) is 5.02 Å². The van der Waals surface area contributed by atoms with E-state index < -0.39 is 69.0 Å². The Morgan fingerprint density at radius 1 is 1.24 bits per heavy atom. The highest BCUT2D eigenvalue weighted by Gasteiger charge is 2.83. The summed E-state index contributed by atoms with van der Waals surface area (Å²) < 4.78 is 60.7. The Balaban J connectivity index is 1.85. The van der Waals surface area contributed by atoms with E-state index in [1.54, 1.807) is 6.92 Å². The second-order valence-corrected chi connectivity index (χ2v) is 9.34. The largest absolute Gasteiger partial charge is 0.505 e. The van der Waals surface area contributed by atoms with Gasteiger partial charge < -0.3 is 10.4 Å². The lowest BCUT2D eigenvalue weighted by Crippen LogP contribution is -2.47. The van der Waals surface area contributed by atoms with Crippen molar-refractivity contribution in [1.82, 2.24) is 5.32 Å². The van der Waals surface area contributed by atoms with Crippen molar-refractivity contribution in [3.8, 4) is 5.75 Å². The number of amides is 1. The summed E-state index contributed by atoms with van der Waals surface area (Å²) in [6, 6.07) is -0.910. The highest BCUT2D eigenvalue weighted by molar-refractivity contribution is 6.31. The maximum Gasteiger partial charge on any atom is 0.259 e. The lowest BCUT2D eigenvalue weighted by Gasteiger charge is -2.36. The van der Waals surface area contributed by atoms with Crippen molar-refractivity contribution in [2.45, 2.75) is 57.9 Å². The molecule has 0 radical (unpaired) electrons. The first kappa shape index (κ1) is 20.8. The van der Waals surface area contributed by atoms with Gasteiger partial charge in [-0.05, 0) is 31.1 Å². The summed E-state index contributed by atoms with van der Waals surface area (Å²) in [4.78, 5) is 12.8. The van der Waals surface area contributed by atoms with E-state index in [1.165, 1.54) is 6.92 Å². The van der Waals surface area contributed by atoms with Gasteiger partial charge in [0, 0.05) is 17.9 Å².